The van der Waals surface area contributed by atoms with Crippen LogP contribution in [0.4, 0.5) is 0 Å². The van der Waals surface area contributed by atoms with Crippen molar-refractivity contribution in [1.82, 2.24) is 4.90 Å². The molecule has 4 heteroatoms. The summed E-state index contributed by atoms with van der Waals surface area (Å²) >= 11 is 0. The summed E-state index contributed by atoms with van der Waals surface area (Å²) in [7, 11) is 1.42. The number of rotatable bonds is 3. The lowest BCUT2D eigenvalue weighted by Gasteiger charge is -2.29. The second-order valence-corrected chi connectivity index (χ2v) is 5.39. The van der Waals surface area contributed by atoms with Crippen molar-refractivity contribution in [3.05, 3.63) is 0 Å². The van der Waals surface area contributed by atoms with Crippen LogP contribution in [-0.2, 0) is 9.53 Å². The molecule has 17 heavy (non-hydrogen) atoms. The number of likely N-dealkylation sites (tertiary alicyclic amines) is 1. The molecule has 0 bridgehead atoms. The summed E-state index contributed by atoms with van der Waals surface area (Å²) in [6.45, 7) is 1.56. The normalized spacial score (nSPS) is 31.6. The van der Waals surface area contributed by atoms with E-state index in [0.717, 1.165) is 6.54 Å². The standard InChI is InChI=1S/C13H23NO3/c1-17-13(16)12-7-11(15)9-14(12)8-10-5-3-2-4-6-10/h10-12,15H,2-9H2,1H3. The van der Waals surface area contributed by atoms with Crippen molar-refractivity contribution in [3.63, 3.8) is 0 Å². The van der Waals surface area contributed by atoms with Gasteiger partial charge in [0.1, 0.15) is 6.04 Å². The van der Waals surface area contributed by atoms with Crippen LogP contribution in [0.15, 0.2) is 0 Å². The molecule has 0 amide bonds. The molecule has 2 unspecified atom stereocenters. The Morgan fingerprint density at radius 2 is 2.06 bits per heavy atom. The number of nitrogens with zero attached hydrogens (tertiary/aromatic N) is 1. The molecule has 0 aromatic rings. The lowest BCUT2D eigenvalue weighted by atomic mass is 9.89. The van der Waals surface area contributed by atoms with Crippen molar-refractivity contribution >= 4 is 5.97 Å². The fourth-order valence-electron chi connectivity index (χ4n) is 3.16. The van der Waals surface area contributed by atoms with Gasteiger partial charge in [-0.15, -0.1) is 0 Å². The van der Waals surface area contributed by atoms with E-state index in [2.05, 4.69) is 4.90 Å². The first-order valence-electron chi connectivity index (χ1n) is 6.70. The molecule has 98 valence electrons. The molecule has 4 nitrogen and oxygen atoms in total. The van der Waals surface area contributed by atoms with E-state index in [9.17, 15) is 9.90 Å². The maximum Gasteiger partial charge on any atom is 0.323 e. The Morgan fingerprint density at radius 3 is 2.71 bits per heavy atom. The lowest BCUT2D eigenvalue weighted by molar-refractivity contribution is -0.146. The molecule has 2 fully saturated rings. The minimum atomic E-state index is -0.373. The first-order chi connectivity index (χ1) is 8.20. The van der Waals surface area contributed by atoms with Crippen LogP contribution in [0.25, 0.3) is 0 Å². The minimum Gasteiger partial charge on any atom is -0.468 e. The molecule has 0 aromatic carbocycles. The molecule has 1 saturated carbocycles. The first-order valence-corrected chi connectivity index (χ1v) is 6.70. The maximum atomic E-state index is 11.6. The quantitative estimate of drug-likeness (QED) is 0.754. The molecule has 1 N–H and O–H groups in total. The summed E-state index contributed by atoms with van der Waals surface area (Å²) in [4.78, 5) is 13.8. The summed E-state index contributed by atoms with van der Waals surface area (Å²) in [6, 6.07) is -0.225. The van der Waals surface area contributed by atoms with Gasteiger partial charge in [0.15, 0.2) is 0 Å². The number of methoxy groups -OCH3 is 1. The van der Waals surface area contributed by atoms with E-state index < -0.39 is 0 Å². The Kier molecular flexibility index (Phi) is 4.40. The van der Waals surface area contributed by atoms with Crippen molar-refractivity contribution in [1.29, 1.82) is 0 Å². The zero-order chi connectivity index (χ0) is 12.3. The van der Waals surface area contributed by atoms with Crippen LogP contribution in [0, 0.1) is 5.92 Å². The van der Waals surface area contributed by atoms with Crippen LogP contribution >= 0.6 is 0 Å². The Balaban J connectivity index is 1.90. The molecular formula is C13H23NO3. The third kappa shape index (κ3) is 3.19. The van der Waals surface area contributed by atoms with E-state index in [1.54, 1.807) is 0 Å². The van der Waals surface area contributed by atoms with E-state index in [-0.39, 0.29) is 18.1 Å². The zero-order valence-electron chi connectivity index (χ0n) is 10.6. The van der Waals surface area contributed by atoms with Crippen LogP contribution in [0.3, 0.4) is 0 Å². The van der Waals surface area contributed by atoms with Crippen LogP contribution < -0.4 is 0 Å². The van der Waals surface area contributed by atoms with E-state index in [1.807, 2.05) is 0 Å². The number of ether oxygens (including phenoxy) is 1. The fraction of sp³-hybridized carbons (Fsp3) is 0.923. The largest absolute Gasteiger partial charge is 0.468 e. The van der Waals surface area contributed by atoms with E-state index >= 15 is 0 Å². The predicted octanol–water partition coefficient (Wildman–Crippen LogP) is 1.17. The number of carbonyl (C=O) groups excluding carboxylic acids is 1. The second-order valence-electron chi connectivity index (χ2n) is 5.39. The molecule has 0 radical (unpaired) electrons. The van der Waals surface area contributed by atoms with Crippen LogP contribution in [0.5, 0.6) is 0 Å². The van der Waals surface area contributed by atoms with Gasteiger partial charge >= 0.3 is 5.97 Å². The smallest absolute Gasteiger partial charge is 0.323 e. The number of aliphatic hydroxyl groups is 1. The molecule has 1 aliphatic heterocycles. The molecule has 2 atom stereocenters. The van der Waals surface area contributed by atoms with Crippen molar-refractivity contribution < 1.29 is 14.6 Å². The molecule has 2 aliphatic rings. The lowest BCUT2D eigenvalue weighted by Crippen LogP contribution is -2.40. The summed E-state index contributed by atoms with van der Waals surface area (Å²) in [5.74, 6) is 0.499. The number of hydrogen-bond acceptors (Lipinski definition) is 4. The average molecular weight is 241 g/mol. The Morgan fingerprint density at radius 1 is 1.35 bits per heavy atom. The van der Waals surface area contributed by atoms with Gasteiger partial charge in [-0.1, -0.05) is 19.3 Å². The highest BCUT2D eigenvalue weighted by Crippen LogP contribution is 2.28. The number of esters is 1. The second kappa shape index (κ2) is 5.83. The topological polar surface area (TPSA) is 49.8 Å². The average Bonchev–Trinajstić information content (AvgIpc) is 2.70. The third-order valence-corrected chi connectivity index (χ3v) is 4.07. The summed E-state index contributed by atoms with van der Waals surface area (Å²) in [5.41, 5.74) is 0. The van der Waals surface area contributed by atoms with Gasteiger partial charge in [-0.25, -0.2) is 0 Å². The van der Waals surface area contributed by atoms with Crippen molar-refractivity contribution in [3.8, 4) is 0 Å². The highest BCUT2D eigenvalue weighted by molar-refractivity contribution is 5.76. The monoisotopic (exact) mass is 241 g/mol. The van der Waals surface area contributed by atoms with Crippen LogP contribution in [-0.4, -0.2) is 48.3 Å². The van der Waals surface area contributed by atoms with E-state index in [0.29, 0.717) is 18.9 Å². The Labute approximate surface area is 103 Å². The van der Waals surface area contributed by atoms with Gasteiger partial charge < -0.3 is 9.84 Å². The van der Waals surface area contributed by atoms with Gasteiger partial charge in [0.2, 0.25) is 0 Å². The zero-order valence-corrected chi connectivity index (χ0v) is 10.6. The molecule has 1 heterocycles. The maximum absolute atomic E-state index is 11.6. The van der Waals surface area contributed by atoms with Gasteiger partial charge in [-0.05, 0) is 18.8 Å². The van der Waals surface area contributed by atoms with Crippen molar-refractivity contribution in [2.45, 2.75) is 50.7 Å². The number of β-amino-alcohol motifs (C(OH)–C–C–N with tert-alkyl or cyclic N) is 1. The van der Waals surface area contributed by atoms with Crippen LogP contribution in [0.2, 0.25) is 0 Å². The van der Waals surface area contributed by atoms with E-state index in [4.69, 9.17) is 4.74 Å². The van der Waals surface area contributed by atoms with E-state index in [1.165, 1.54) is 39.2 Å². The molecule has 1 aliphatic carbocycles. The molecule has 2 rings (SSSR count). The fourth-order valence-corrected chi connectivity index (χ4v) is 3.16. The van der Waals surface area contributed by atoms with Crippen molar-refractivity contribution in [2.75, 3.05) is 20.2 Å². The van der Waals surface area contributed by atoms with Gasteiger partial charge in [-0.3, -0.25) is 9.69 Å². The summed E-state index contributed by atoms with van der Waals surface area (Å²) in [5, 5.41) is 9.69. The summed E-state index contributed by atoms with van der Waals surface area (Å²) < 4.78 is 4.81. The predicted molar refractivity (Wildman–Crippen MR) is 64.6 cm³/mol. The van der Waals surface area contributed by atoms with Gasteiger partial charge in [0, 0.05) is 19.5 Å². The highest BCUT2D eigenvalue weighted by atomic mass is 16.5. The number of carbonyl (C=O) groups is 1. The third-order valence-electron chi connectivity index (χ3n) is 4.07. The Bertz CT molecular complexity index is 263. The number of aliphatic hydroxyl groups excluding tert-OH is 1. The molecule has 0 aromatic heterocycles. The van der Waals surface area contributed by atoms with Gasteiger partial charge in [0.25, 0.3) is 0 Å². The van der Waals surface area contributed by atoms with Crippen molar-refractivity contribution in [2.24, 2.45) is 5.92 Å². The molecule has 1 saturated heterocycles. The van der Waals surface area contributed by atoms with Crippen LogP contribution in [0.1, 0.15) is 38.5 Å². The minimum absolute atomic E-state index is 0.197. The van der Waals surface area contributed by atoms with Gasteiger partial charge in [-0.2, -0.15) is 0 Å². The first kappa shape index (κ1) is 12.8. The van der Waals surface area contributed by atoms with Gasteiger partial charge in [0.05, 0.1) is 13.2 Å². The summed E-state index contributed by atoms with van der Waals surface area (Å²) in [6.07, 6.45) is 6.65. The highest BCUT2D eigenvalue weighted by Gasteiger charge is 2.37. The Hall–Kier alpha value is -0.610. The number of hydrogen-bond donors (Lipinski definition) is 1. The molecular weight excluding hydrogens is 218 g/mol. The SMILES string of the molecule is COC(=O)C1CC(O)CN1CC1CCCCC1. The molecule has 0 spiro atoms.